The molecule has 0 aromatic heterocycles. The molecule has 2 fully saturated rings. The van der Waals surface area contributed by atoms with Crippen LogP contribution in [0.5, 0.6) is 0 Å². The Kier molecular flexibility index (Phi) is 3.01. The molecule has 86 valence electrons. The van der Waals surface area contributed by atoms with Gasteiger partial charge in [0.15, 0.2) is 0 Å². The van der Waals surface area contributed by atoms with Crippen molar-refractivity contribution in [2.45, 2.75) is 39.9 Å². The Morgan fingerprint density at radius 2 is 2.13 bits per heavy atom. The molecule has 3 nitrogen and oxygen atoms in total. The van der Waals surface area contributed by atoms with Gasteiger partial charge >= 0.3 is 5.97 Å². The van der Waals surface area contributed by atoms with Crippen molar-refractivity contribution in [3.8, 4) is 0 Å². The zero-order chi connectivity index (χ0) is 11.0. The molecule has 1 heterocycles. The van der Waals surface area contributed by atoms with Crippen LogP contribution < -0.4 is 0 Å². The first-order chi connectivity index (χ1) is 7.15. The molecule has 0 bridgehead atoms. The third-order valence-corrected chi connectivity index (χ3v) is 3.97. The normalized spacial score (nSPS) is 45.0. The summed E-state index contributed by atoms with van der Waals surface area (Å²) in [6.07, 6.45) is 1.98. The van der Waals surface area contributed by atoms with E-state index in [1.165, 1.54) is 0 Å². The summed E-state index contributed by atoms with van der Waals surface area (Å²) in [4.78, 5) is 11.8. The third kappa shape index (κ3) is 1.78. The van der Waals surface area contributed by atoms with Crippen LogP contribution in [0.3, 0.4) is 0 Å². The highest BCUT2D eigenvalue weighted by atomic mass is 16.7. The zero-order valence-electron chi connectivity index (χ0n) is 9.73. The van der Waals surface area contributed by atoms with E-state index in [0.29, 0.717) is 24.4 Å². The molecule has 0 aromatic rings. The van der Waals surface area contributed by atoms with E-state index in [4.69, 9.17) is 9.47 Å². The number of hydrogen-bond acceptors (Lipinski definition) is 3. The predicted octanol–water partition coefficient (Wildman–Crippen LogP) is 2.20. The molecule has 1 saturated heterocycles. The number of carbonyl (C=O) groups is 1. The van der Waals surface area contributed by atoms with Gasteiger partial charge in [0, 0.05) is 12.5 Å². The van der Waals surface area contributed by atoms with Crippen molar-refractivity contribution in [1.82, 2.24) is 0 Å². The topological polar surface area (TPSA) is 35.5 Å². The second-order valence-corrected chi connectivity index (χ2v) is 4.86. The summed E-state index contributed by atoms with van der Waals surface area (Å²) in [6, 6.07) is 0. The maximum absolute atomic E-state index is 11.8. The molecular formula is C12H20O3. The summed E-state index contributed by atoms with van der Waals surface area (Å²) < 4.78 is 10.8. The van der Waals surface area contributed by atoms with Gasteiger partial charge in [-0.15, -0.1) is 0 Å². The maximum Gasteiger partial charge on any atom is 0.311 e. The molecule has 1 aliphatic carbocycles. The fourth-order valence-corrected chi connectivity index (χ4v) is 3.09. The molecule has 15 heavy (non-hydrogen) atoms. The van der Waals surface area contributed by atoms with Crippen molar-refractivity contribution in [2.24, 2.45) is 23.7 Å². The lowest BCUT2D eigenvalue weighted by Crippen LogP contribution is -2.44. The van der Waals surface area contributed by atoms with Crippen LogP contribution in [0.25, 0.3) is 0 Å². The fourth-order valence-electron chi connectivity index (χ4n) is 3.09. The standard InChI is InChI=1S/C12H20O3/c1-4-14-12-8(3)9-6-5-7(2)10(9)11(13)15-12/h7-10,12H,4-6H2,1-3H3/t7-,8-,9-,10-,12-/m1/s1. The Morgan fingerprint density at radius 1 is 1.40 bits per heavy atom. The highest BCUT2D eigenvalue weighted by Gasteiger charge is 2.49. The van der Waals surface area contributed by atoms with Gasteiger partial charge in [-0.1, -0.05) is 13.8 Å². The Hall–Kier alpha value is -0.570. The smallest absolute Gasteiger partial charge is 0.311 e. The number of fused-ring (bicyclic) bond motifs is 1. The van der Waals surface area contributed by atoms with Crippen LogP contribution in [-0.4, -0.2) is 18.9 Å². The highest BCUT2D eigenvalue weighted by molar-refractivity contribution is 5.74. The molecule has 3 heteroatoms. The molecule has 0 amide bonds. The molecule has 0 radical (unpaired) electrons. The van der Waals surface area contributed by atoms with Crippen molar-refractivity contribution >= 4 is 5.97 Å². The summed E-state index contributed by atoms with van der Waals surface area (Å²) >= 11 is 0. The Balaban J connectivity index is 2.12. The molecule has 0 aromatic carbocycles. The number of rotatable bonds is 2. The van der Waals surface area contributed by atoms with Crippen LogP contribution in [0.2, 0.25) is 0 Å². The van der Waals surface area contributed by atoms with Crippen LogP contribution in [0.15, 0.2) is 0 Å². The van der Waals surface area contributed by atoms with Gasteiger partial charge < -0.3 is 9.47 Å². The van der Waals surface area contributed by atoms with Crippen molar-refractivity contribution in [3.63, 3.8) is 0 Å². The summed E-state index contributed by atoms with van der Waals surface area (Å²) in [5.41, 5.74) is 0. The van der Waals surface area contributed by atoms with Crippen molar-refractivity contribution in [2.75, 3.05) is 6.61 Å². The second kappa shape index (κ2) is 4.12. The van der Waals surface area contributed by atoms with E-state index in [1.807, 2.05) is 6.92 Å². The maximum atomic E-state index is 11.8. The minimum atomic E-state index is -0.311. The van der Waals surface area contributed by atoms with E-state index in [9.17, 15) is 4.79 Å². The highest BCUT2D eigenvalue weighted by Crippen LogP contribution is 2.46. The Bertz CT molecular complexity index is 251. The summed E-state index contributed by atoms with van der Waals surface area (Å²) in [5.74, 6) is 1.38. The van der Waals surface area contributed by atoms with E-state index in [2.05, 4.69) is 13.8 Å². The predicted molar refractivity (Wildman–Crippen MR) is 56.0 cm³/mol. The van der Waals surface area contributed by atoms with Gasteiger partial charge in [-0.25, -0.2) is 0 Å². The molecular weight excluding hydrogens is 192 g/mol. The molecule has 1 saturated carbocycles. The monoisotopic (exact) mass is 212 g/mol. The van der Waals surface area contributed by atoms with Gasteiger partial charge in [-0.05, 0) is 31.6 Å². The minimum absolute atomic E-state index is 0.0402. The van der Waals surface area contributed by atoms with Gasteiger partial charge in [0.05, 0.1) is 5.92 Å². The lowest BCUT2D eigenvalue weighted by molar-refractivity contribution is -0.218. The van der Waals surface area contributed by atoms with Crippen molar-refractivity contribution in [3.05, 3.63) is 0 Å². The molecule has 2 aliphatic rings. The van der Waals surface area contributed by atoms with Crippen LogP contribution in [-0.2, 0) is 14.3 Å². The average molecular weight is 212 g/mol. The molecule has 0 N–H and O–H groups in total. The van der Waals surface area contributed by atoms with Gasteiger partial charge in [-0.3, -0.25) is 4.79 Å². The lowest BCUT2D eigenvalue weighted by atomic mass is 9.80. The first-order valence-corrected chi connectivity index (χ1v) is 5.97. The zero-order valence-corrected chi connectivity index (χ0v) is 9.73. The Morgan fingerprint density at radius 3 is 2.80 bits per heavy atom. The largest absolute Gasteiger partial charge is 0.435 e. The number of hydrogen-bond donors (Lipinski definition) is 0. The fraction of sp³-hybridized carbons (Fsp3) is 0.917. The Labute approximate surface area is 91.1 Å². The van der Waals surface area contributed by atoms with Crippen molar-refractivity contribution in [1.29, 1.82) is 0 Å². The minimum Gasteiger partial charge on any atom is -0.435 e. The summed E-state index contributed by atoms with van der Waals surface area (Å²) in [5, 5.41) is 0. The van der Waals surface area contributed by atoms with Gasteiger partial charge in [0.2, 0.25) is 6.29 Å². The van der Waals surface area contributed by atoms with E-state index in [1.54, 1.807) is 0 Å². The number of esters is 1. The quantitative estimate of drug-likeness (QED) is 0.658. The van der Waals surface area contributed by atoms with Gasteiger partial charge in [0.25, 0.3) is 0 Å². The summed E-state index contributed by atoms with van der Waals surface area (Å²) in [7, 11) is 0. The van der Waals surface area contributed by atoms with Gasteiger partial charge in [-0.2, -0.15) is 0 Å². The number of ether oxygens (including phenoxy) is 2. The molecule has 1 aliphatic heterocycles. The van der Waals surface area contributed by atoms with E-state index in [-0.39, 0.29) is 18.2 Å². The SMILES string of the molecule is CCO[C@@H]1OC(=O)[C@H]2[C@H](CC[C@H]2C)[C@H]1C. The molecule has 2 rings (SSSR count). The van der Waals surface area contributed by atoms with E-state index < -0.39 is 0 Å². The van der Waals surface area contributed by atoms with E-state index >= 15 is 0 Å². The number of carbonyl (C=O) groups excluding carboxylic acids is 1. The first-order valence-electron chi connectivity index (χ1n) is 5.97. The van der Waals surface area contributed by atoms with E-state index in [0.717, 1.165) is 12.8 Å². The first kappa shape index (κ1) is 10.9. The third-order valence-electron chi connectivity index (χ3n) is 3.97. The van der Waals surface area contributed by atoms with Crippen LogP contribution in [0.1, 0.15) is 33.6 Å². The van der Waals surface area contributed by atoms with Crippen molar-refractivity contribution < 1.29 is 14.3 Å². The lowest BCUT2D eigenvalue weighted by Gasteiger charge is -2.37. The average Bonchev–Trinajstić information content (AvgIpc) is 2.57. The molecule has 0 spiro atoms. The molecule has 5 atom stereocenters. The van der Waals surface area contributed by atoms with Crippen LogP contribution in [0, 0.1) is 23.7 Å². The van der Waals surface area contributed by atoms with Gasteiger partial charge in [0.1, 0.15) is 0 Å². The second-order valence-electron chi connectivity index (χ2n) is 4.86. The summed E-state index contributed by atoms with van der Waals surface area (Å²) in [6.45, 7) is 6.83. The van der Waals surface area contributed by atoms with Crippen LogP contribution in [0.4, 0.5) is 0 Å². The van der Waals surface area contributed by atoms with Crippen LogP contribution >= 0.6 is 0 Å². The number of cyclic esters (lactones) is 1. The molecule has 0 unspecified atom stereocenters.